The average molecular weight is 348 g/mol. The summed E-state index contributed by atoms with van der Waals surface area (Å²) in [7, 11) is 1.33. The van der Waals surface area contributed by atoms with Crippen molar-refractivity contribution in [2.45, 2.75) is 6.61 Å². The minimum Gasteiger partial charge on any atom is -0.489 e. The summed E-state index contributed by atoms with van der Waals surface area (Å²) in [6.07, 6.45) is 0. The van der Waals surface area contributed by atoms with Crippen molar-refractivity contribution in [3.63, 3.8) is 0 Å². The van der Waals surface area contributed by atoms with Crippen LogP contribution in [0.25, 0.3) is 11.1 Å². The molecule has 0 saturated heterocycles. The van der Waals surface area contributed by atoms with Gasteiger partial charge in [0.05, 0.1) is 7.11 Å². The molecule has 0 saturated carbocycles. The van der Waals surface area contributed by atoms with Crippen molar-refractivity contribution in [3.8, 4) is 22.6 Å². The molecular formula is C22H20O4. The third-order valence-electron chi connectivity index (χ3n) is 3.90. The molecule has 3 rings (SSSR count). The zero-order chi connectivity index (χ0) is 18.2. The van der Waals surface area contributed by atoms with Crippen LogP contribution in [-0.4, -0.2) is 19.7 Å². The Hall–Kier alpha value is -3.27. The predicted octanol–water partition coefficient (Wildman–Crippen LogP) is 4.48. The summed E-state index contributed by atoms with van der Waals surface area (Å²) < 4.78 is 15.8. The molecule has 0 bridgehead atoms. The molecule has 0 fully saturated rings. The van der Waals surface area contributed by atoms with Crippen LogP contribution >= 0.6 is 0 Å². The SMILES string of the molecule is COC(=O)COc1ccc(OCc2ccccc2-c2ccccc2)cc1. The molecule has 4 nitrogen and oxygen atoms in total. The predicted molar refractivity (Wildman–Crippen MR) is 100 cm³/mol. The second-order valence-electron chi connectivity index (χ2n) is 5.65. The molecule has 0 amide bonds. The van der Waals surface area contributed by atoms with Crippen molar-refractivity contribution in [3.05, 3.63) is 84.4 Å². The van der Waals surface area contributed by atoms with Gasteiger partial charge in [0.25, 0.3) is 0 Å². The molecule has 4 heteroatoms. The van der Waals surface area contributed by atoms with Gasteiger partial charge >= 0.3 is 5.97 Å². The Balaban J connectivity index is 1.64. The maximum absolute atomic E-state index is 11.1. The van der Waals surface area contributed by atoms with Gasteiger partial charge in [0, 0.05) is 0 Å². The summed E-state index contributed by atoms with van der Waals surface area (Å²) in [6, 6.07) is 25.6. The molecule has 0 atom stereocenters. The third kappa shape index (κ3) is 4.63. The number of rotatable bonds is 7. The van der Waals surface area contributed by atoms with Crippen molar-refractivity contribution in [1.29, 1.82) is 0 Å². The molecule has 0 aliphatic heterocycles. The van der Waals surface area contributed by atoms with E-state index < -0.39 is 5.97 Å². The number of esters is 1. The number of ether oxygens (including phenoxy) is 3. The Morgan fingerprint density at radius 2 is 1.38 bits per heavy atom. The molecule has 0 heterocycles. The first-order valence-corrected chi connectivity index (χ1v) is 8.32. The van der Waals surface area contributed by atoms with E-state index in [9.17, 15) is 4.79 Å². The van der Waals surface area contributed by atoms with Crippen molar-refractivity contribution < 1.29 is 19.0 Å². The zero-order valence-electron chi connectivity index (χ0n) is 14.6. The fourth-order valence-electron chi connectivity index (χ4n) is 2.54. The standard InChI is InChI=1S/C22H20O4/c1-24-22(23)16-26-20-13-11-19(12-14-20)25-15-18-9-5-6-10-21(18)17-7-3-2-4-8-17/h2-14H,15-16H2,1H3. The third-order valence-corrected chi connectivity index (χ3v) is 3.90. The van der Waals surface area contributed by atoms with E-state index in [1.54, 1.807) is 12.1 Å². The lowest BCUT2D eigenvalue weighted by atomic mass is 10.0. The van der Waals surface area contributed by atoms with Gasteiger partial charge in [-0.2, -0.15) is 0 Å². The fourth-order valence-corrected chi connectivity index (χ4v) is 2.54. The van der Waals surface area contributed by atoms with Crippen LogP contribution in [0.5, 0.6) is 11.5 Å². The summed E-state index contributed by atoms with van der Waals surface area (Å²) in [5.74, 6) is 0.911. The first kappa shape index (κ1) is 17.5. The first-order chi connectivity index (χ1) is 12.8. The molecule has 0 unspecified atom stereocenters. The highest BCUT2D eigenvalue weighted by molar-refractivity contribution is 5.70. The van der Waals surface area contributed by atoms with Gasteiger partial charge in [0.1, 0.15) is 18.1 Å². The van der Waals surface area contributed by atoms with Crippen molar-refractivity contribution in [2.24, 2.45) is 0 Å². The minimum atomic E-state index is -0.414. The lowest BCUT2D eigenvalue weighted by Crippen LogP contribution is -2.12. The van der Waals surface area contributed by atoms with E-state index in [1.165, 1.54) is 12.7 Å². The Bertz CT molecular complexity index is 842. The molecule has 3 aromatic rings. The van der Waals surface area contributed by atoms with E-state index in [0.717, 1.165) is 16.9 Å². The molecule has 26 heavy (non-hydrogen) atoms. The highest BCUT2D eigenvalue weighted by atomic mass is 16.6. The van der Waals surface area contributed by atoms with Gasteiger partial charge in [-0.05, 0) is 41.0 Å². The highest BCUT2D eigenvalue weighted by Crippen LogP contribution is 2.25. The Morgan fingerprint density at radius 1 is 0.769 bits per heavy atom. The van der Waals surface area contributed by atoms with Gasteiger partial charge in [0.2, 0.25) is 0 Å². The molecular weight excluding hydrogens is 328 g/mol. The number of hydrogen-bond donors (Lipinski definition) is 0. The van der Waals surface area contributed by atoms with Crippen LogP contribution in [0.3, 0.4) is 0 Å². The summed E-state index contributed by atoms with van der Waals surface area (Å²) in [5.41, 5.74) is 3.44. The second kappa shape index (κ2) is 8.72. The van der Waals surface area contributed by atoms with Crippen molar-refractivity contribution in [2.75, 3.05) is 13.7 Å². The van der Waals surface area contributed by atoms with Crippen molar-refractivity contribution >= 4 is 5.97 Å². The maximum atomic E-state index is 11.1. The Morgan fingerprint density at radius 3 is 2.08 bits per heavy atom. The molecule has 0 aromatic heterocycles. The Labute approximate surface area is 153 Å². The lowest BCUT2D eigenvalue weighted by Gasteiger charge is -2.12. The quantitative estimate of drug-likeness (QED) is 0.590. The van der Waals surface area contributed by atoms with E-state index in [0.29, 0.717) is 12.4 Å². The van der Waals surface area contributed by atoms with Crippen LogP contribution in [0.1, 0.15) is 5.56 Å². The lowest BCUT2D eigenvalue weighted by molar-refractivity contribution is -0.142. The fraction of sp³-hybridized carbons (Fsp3) is 0.136. The maximum Gasteiger partial charge on any atom is 0.343 e. The van der Waals surface area contributed by atoms with Gasteiger partial charge in [-0.15, -0.1) is 0 Å². The van der Waals surface area contributed by atoms with Gasteiger partial charge in [0.15, 0.2) is 6.61 Å². The van der Waals surface area contributed by atoms with E-state index in [1.807, 2.05) is 42.5 Å². The molecule has 0 aliphatic carbocycles. The molecule has 0 aliphatic rings. The average Bonchev–Trinajstić information content (AvgIpc) is 2.72. The number of hydrogen-bond acceptors (Lipinski definition) is 4. The van der Waals surface area contributed by atoms with E-state index in [2.05, 4.69) is 29.0 Å². The summed E-state index contributed by atoms with van der Waals surface area (Å²) in [5, 5.41) is 0. The van der Waals surface area contributed by atoms with Gasteiger partial charge in [-0.3, -0.25) is 0 Å². The van der Waals surface area contributed by atoms with E-state index in [4.69, 9.17) is 9.47 Å². The largest absolute Gasteiger partial charge is 0.489 e. The second-order valence-corrected chi connectivity index (χ2v) is 5.65. The Kier molecular flexibility index (Phi) is 5.88. The van der Waals surface area contributed by atoms with Crippen LogP contribution in [-0.2, 0) is 16.1 Å². The monoisotopic (exact) mass is 348 g/mol. The first-order valence-electron chi connectivity index (χ1n) is 8.32. The normalized spacial score (nSPS) is 10.2. The topological polar surface area (TPSA) is 44.8 Å². The summed E-state index contributed by atoms with van der Waals surface area (Å²) in [6.45, 7) is 0.356. The zero-order valence-corrected chi connectivity index (χ0v) is 14.6. The molecule has 132 valence electrons. The van der Waals surface area contributed by atoms with Crippen LogP contribution in [0.4, 0.5) is 0 Å². The van der Waals surface area contributed by atoms with Crippen LogP contribution in [0.2, 0.25) is 0 Å². The minimum absolute atomic E-state index is 0.110. The van der Waals surface area contributed by atoms with Gasteiger partial charge < -0.3 is 14.2 Å². The smallest absolute Gasteiger partial charge is 0.343 e. The summed E-state index contributed by atoms with van der Waals surface area (Å²) >= 11 is 0. The molecule has 0 N–H and O–H groups in total. The van der Waals surface area contributed by atoms with Crippen LogP contribution < -0.4 is 9.47 Å². The highest BCUT2D eigenvalue weighted by Gasteiger charge is 2.06. The van der Waals surface area contributed by atoms with E-state index >= 15 is 0 Å². The number of carbonyl (C=O) groups excluding carboxylic acids is 1. The van der Waals surface area contributed by atoms with Gasteiger partial charge in [-0.25, -0.2) is 4.79 Å². The van der Waals surface area contributed by atoms with E-state index in [-0.39, 0.29) is 6.61 Å². The molecule has 0 spiro atoms. The number of methoxy groups -OCH3 is 1. The van der Waals surface area contributed by atoms with Crippen LogP contribution in [0.15, 0.2) is 78.9 Å². The van der Waals surface area contributed by atoms with Crippen LogP contribution in [0, 0.1) is 0 Å². The summed E-state index contributed by atoms with van der Waals surface area (Å²) in [4.78, 5) is 11.1. The molecule has 3 aromatic carbocycles. The number of carbonyl (C=O) groups is 1. The van der Waals surface area contributed by atoms with Gasteiger partial charge in [-0.1, -0.05) is 54.6 Å². The van der Waals surface area contributed by atoms with Crippen molar-refractivity contribution in [1.82, 2.24) is 0 Å². The molecule has 0 radical (unpaired) electrons. The number of benzene rings is 3.